The third-order valence-corrected chi connectivity index (χ3v) is 7.25. The summed E-state index contributed by atoms with van der Waals surface area (Å²) in [6.45, 7) is 7.64. The Morgan fingerprint density at radius 2 is 2.00 bits per heavy atom. The molecule has 1 aromatic heterocycles. The van der Waals surface area contributed by atoms with Gasteiger partial charge in [0.05, 0.1) is 11.9 Å². The molecule has 0 saturated heterocycles. The van der Waals surface area contributed by atoms with Crippen LogP contribution in [0.3, 0.4) is 0 Å². The van der Waals surface area contributed by atoms with Gasteiger partial charge in [-0.25, -0.2) is 8.42 Å². The van der Waals surface area contributed by atoms with Crippen molar-refractivity contribution in [2.75, 3.05) is 28.2 Å². The number of aryl methyl sites for hydroxylation is 1. The molecule has 0 aliphatic rings. The molecule has 0 fully saturated rings. The second-order valence-electron chi connectivity index (χ2n) is 6.61. The highest BCUT2D eigenvalue weighted by atomic mass is 32.2. The largest absolute Gasteiger partial charge is 0.299 e. The molecule has 1 amide bonds. The first-order chi connectivity index (χ1) is 12.6. The van der Waals surface area contributed by atoms with Crippen LogP contribution in [-0.4, -0.2) is 43.1 Å². The summed E-state index contributed by atoms with van der Waals surface area (Å²) in [6, 6.07) is 5.37. The van der Waals surface area contributed by atoms with Crippen molar-refractivity contribution in [1.82, 2.24) is 10.2 Å². The molecule has 1 aromatic carbocycles. The number of nitrogens with zero attached hydrogens (tertiary/aromatic N) is 3. The molecule has 27 heavy (non-hydrogen) atoms. The minimum absolute atomic E-state index is 0.322. The van der Waals surface area contributed by atoms with Crippen molar-refractivity contribution < 1.29 is 13.2 Å². The smallest absolute Gasteiger partial charge is 0.246 e. The monoisotopic (exact) mass is 428 g/mol. The van der Waals surface area contributed by atoms with Gasteiger partial charge < -0.3 is 0 Å². The first-order valence-electron chi connectivity index (χ1n) is 8.38. The normalized spacial score (nSPS) is 11.6. The molecule has 1 N–H and O–H groups in total. The maximum Gasteiger partial charge on any atom is 0.246 e. The zero-order valence-electron chi connectivity index (χ0n) is 16.0. The van der Waals surface area contributed by atoms with Crippen LogP contribution in [0.1, 0.15) is 25.0 Å². The van der Waals surface area contributed by atoms with E-state index in [4.69, 9.17) is 0 Å². The van der Waals surface area contributed by atoms with E-state index in [1.807, 2.05) is 19.9 Å². The van der Waals surface area contributed by atoms with Crippen molar-refractivity contribution in [1.29, 1.82) is 0 Å². The number of carbonyl (C=O) groups excluding carboxylic acids is 1. The first-order valence-corrected chi connectivity index (χ1v) is 12.0. The summed E-state index contributed by atoms with van der Waals surface area (Å²) in [5.41, 5.74) is 2.27. The fourth-order valence-electron chi connectivity index (χ4n) is 2.23. The number of anilines is 2. The van der Waals surface area contributed by atoms with E-state index in [1.54, 1.807) is 23.9 Å². The van der Waals surface area contributed by atoms with Crippen molar-refractivity contribution in [3.8, 4) is 0 Å². The SMILES string of the molecule is Cc1cccc(N(CC(=O)Nc2nnc(SCC(C)C)s2)S(C)(=O)=O)c1C. The maximum atomic E-state index is 12.4. The molecule has 0 unspecified atom stereocenters. The highest BCUT2D eigenvalue weighted by molar-refractivity contribution is 8.01. The Hall–Kier alpha value is -1.65. The number of sulfonamides is 1. The molecular weight excluding hydrogens is 404 g/mol. The first kappa shape index (κ1) is 21.6. The van der Waals surface area contributed by atoms with Crippen molar-refractivity contribution >= 4 is 49.8 Å². The van der Waals surface area contributed by atoms with Crippen molar-refractivity contribution in [2.24, 2.45) is 5.92 Å². The lowest BCUT2D eigenvalue weighted by Gasteiger charge is -2.24. The number of thioether (sulfide) groups is 1. The minimum Gasteiger partial charge on any atom is -0.299 e. The molecule has 2 rings (SSSR count). The van der Waals surface area contributed by atoms with Gasteiger partial charge in [-0.1, -0.05) is 49.1 Å². The van der Waals surface area contributed by atoms with E-state index in [2.05, 4.69) is 29.4 Å². The fourth-order valence-corrected chi connectivity index (χ4v) is 4.88. The Kier molecular flexibility index (Phi) is 7.24. The number of rotatable bonds is 8. The number of carbonyl (C=O) groups is 1. The van der Waals surface area contributed by atoms with Crippen molar-refractivity contribution in [3.63, 3.8) is 0 Å². The molecular formula is C17H24N4O3S3. The molecule has 0 bridgehead atoms. The number of benzene rings is 1. The predicted molar refractivity (Wildman–Crippen MR) is 112 cm³/mol. The Bertz CT molecular complexity index is 910. The zero-order chi connectivity index (χ0) is 20.2. The second kappa shape index (κ2) is 9.03. The summed E-state index contributed by atoms with van der Waals surface area (Å²) in [6.07, 6.45) is 1.09. The third kappa shape index (κ3) is 6.18. The number of amides is 1. The lowest BCUT2D eigenvalue weighted by atomic mass is 10.1. The van der Waals surface area contributed by atoms with Gasteiger partial charge in [0.1, 0.15) is 6.54 Å². The van der Waals surface area contributed by atoms with Gasteiger partial charge in [0.15, 0.2) is 4.34 Å². The van der Waals surface area contributed by atoms with Gasteiger partial charge >= 0.3 is 0 Å². The van der Waals surface area contributed by atoms with E-state index in [0.29, 0.717) is 16.7 Å². The molecule has 2 aromatic rings. The number of nitrogens with one attached hydrogen (secondary N) is 1. The van der Waals surface area contributed by atoms with Crippen LogP contribution < -0.4 is 9.62 Å². The molecule has 0 atom stereocenters. The molecule has 0 aliphatic heterocycles. The van der Waals surface area contributed by atoms with Crippen LogP contribution in [0.4, 0.5) is 10.8 Å². The molecule has 7 nitrogen and oxygen atoms in total. The van der Waals surface area contributed by atoms with E-state index >= 15 is 0 Å². The van der Waals surface area contributed by atoms with Gasteiger partial charge in [0.2, 0.25) is 21.1 Å². The predicted octanol–water partition coefficient (Wildman–Crippen LogP) is 3.31. The lowest BCUT2D eigenvalue weighted by Crippen LogP contribution is -2.38. The molecule has 148 valence electrons. The third-order valence-electron chi connectivity index (χ3n) is 3.73. The summed E-state index contributed by atoms with van der Waals surface area (Å²) in [5, 5.41) is 11.0. The standard InChI is InChI=1S/C17H24N4O3S3/c1-11(2)10-25-17-20-19-16(26-17)18-15(22)9-21(27(5,23)24)14-8-6-7-12(3)13(14)4/h6-8,11H,9-10H2,1-5H3,(H,18,19,22). The summed E-state index contributed by atoms with van der Waals surface area (Å²) >= 11 is 2.86. The van der Waals surface area contributed by atoms with Crippen LogP contribution >= 0.6 is 23.1 Å². The molecule has 1 heterocycles. The van der Waals surface area contributed by atoms with E-state index in [9.17, 15) is 13.2 Å². The van der Waals surface area contributed by atoms with Crippen molar-refractivity contribution in [2.45, 2.75) is 32.0 Å². The van der Waals surface area contributed by atoms with Gasteiger partial charge in [-0.15, -0.1) is 10.2 Å². The average molecular weight is 429 g/mol. The fraction of sp³-hybridized carbons (Fsp3) is 0.471. The molecule has 10 heteroatoms. The van der Waals surface area contributed by atoms with E-state index in [0.717, 1.165) is 31.8 Å². The summed E-state index contributed by atoms with van der Waals surface area (Å²) in [5.74, 6) is 0.979. The van der Waals surface area contributed by atoms with Gasteiger partial charge in [0.25, 0.3) is 0 Å². The van der Waals surface area contributed by atoms with Crippen LogP contribution in [0.5, 0.6) is 0 Å². The Morgan fingerprint density at radius 3 is 2.63 bits per heavy atom. The van der Waals surface area contributed by atoms with E-state index < -0.39 is 15.9 Å². The summed E-state index contributed by atoms with van der Waals surface area (Å²) in [7, 11) is -3.62. The Labute approximate surface area is 168 Å². The average Bonchev–Trinajstić information content (AvgIpc) is 3.00. The van der Waals surface area contributed by atoms with E-state index in [-0.39, 0.29) is 6.54 Å². The highest BCUT2D eigenvalue weighted by Crippen LogP contribution is 2.28. The van der Waals surface area contributed by atoms with Crippen LogP contribution in [0.15, 0.2) is 22.5 Å². The van der Waals surface area contributed by atoms with E-state index in [1.165, 1.54) is 11.3 Å². The Balaban J connectivity index is 2.12. The summed E-state index contributed by atoms with van der Waals surface area (Å²) in [4.78, 5) is 12.4. The van der Waals surface area contributed by atoms with Crippen LogP contribution in [-0.2, 0) is 14.8 Å². The van der Waals surface area contributed by atoms with Crippen LogP contribution in [0.25, 0.3) is 0 Å². The van der Waals surface area contributed by atoms with Crippen LogP contribution in [0.2, 0.25) is 0 Å². The highest BCUT2D eigenvalue weighted by Gasteiger charge is 2.23. The molecule has 0 radical (unpaired) electrons. The Morgan fingerprint density at radius 1 is 1.30 bits per heavy atom. The van der Waals surface area contributed by atoms with Gasteiger partial charge in [-0.05, 0) is 37.0 Å². The zero-order valence-corrected chi connectivity index (χ0v) is 18.5. The molecule has 0 spiro atoms. The van der Waals surface area contributed by atoms with Crippen LogP contribution in [0, 0.1) is 19.8 Å². The lowest BCUT2D eigenvalue weighted by molar-refractivity contribution is -0.114. The van der Waals surface area contributed by atoms with Crippen molar-refractivity contribution in [3.05, 3.63) is 29.3 Å². The summed E-state index contributed by atoms with van der Waals surface area (Å²) < 4.78 is 26.4. The number of aromatic nitrogens is 2. The number of hydrogen-bond donors (Lipinski definition) is 1. The second-order valence-corrected chi connectivity index (χ2v) is 10.8. The topological polar surface area (TPSA) is 92.3 Å². The minimum atomic E-state index is -3.62. The number of hydrogen-bond acceptors (Lipinski definition) is 7. The molecule has 0 saturated carbocycles. The maximum absolute atomic E-state index is 12.4. The quantitative estimate of drug-likeness (QED) is 0.512. The van der Waals surface area contributed by atoms with Gasteiger partial charge in [-0.2, -0.15) is 0 Å². The van der Waals surface area contributed by atoms with Gasteiger partial charge in [-0.3, -0.25) is 14.4 Å². The van der Waals surface area contributed by atoms with Gasteiger partial charge in [0, 0.05) is 5.75 Å². The molecule has 0 aliphatic carbocycles.